The number of benzene rings is 1. The average Bonchev–Trinajstić information content (AvgIpc) is 2.60. The first-order chi connectivity index (χ1) is 11.8. The van der Waals surface area contributed by atoms with Gasteiger partial charge in [0.1, 0.15) is 24.0 Å². The zero-order chi connectivity index (χ0) is 16.6. The first kappa shape index (κ1) is 15.7. The van der Waals surface area contributed by atoms with Crippen LogP contribution in [0.15, 0.2) is 60.8 Å². The van der Waals surface area contributed by atoms with Crippen LogP contribution >= 0.6 is 0 Å². The Hall–Kier alpha value is -3.15. The molecular formula is C18H19N5O. The van der Waals surface area contributed by atoms with E-state index in [-0.39, 0.29) is 0 Å². The molecule has 0 fully saturated rings. The van der Waals surface area contributed by atoms with Crippen LogP contribution in [0.1, 0.15) is 5.69 Å². The smallest absolute Gasteiger partial charge is 0.230 e. The third-order valence-corrected chi connectivity index (χ3v) is 3.18. The summed E-state index contributed by atoms with van der Waals surface area (Å²) in [4.78, 5) is 13.0. The van der Waals surface area contributed by atoms with Crippen molar-refractivity contribution in [2.24, 2.45) is 0 Å². The lowest BCUT2D eigenvalue weighted by Crippen LogP contribution is -2.13. The highest BCUT2D eigenvalue weighted by Crippen LogP contribution is 2.13. The van der Waals surface area contributed by atoms with Gasteiger partial charge in [0, 0.05) is 18.0 Å². The summed E-state index contributed by atoms with van der Waals surface area (Å²) < 4.78 is 5.65. The lowest BCUT2D eigenvalue weighted by atomic mass is 10.3. The number of hydrogen-bond donors (Lipinski definition) is 2. The molecule has 122 valence electrons. The highest BCUT2D eigenvalue weighted by atomic mass is 16.5. The lowest BCUT2D eigenvalue weighted by Gasteiger charge is -2.10. The maximum atomic E-state index is 5.65. The van der Waals surface area contributed by atoms with Gasteiger partial charge in [0.15, 0.2) is 0 Å². The fraction of sp³-hybridized carbons (Fsp3) is 0.167. The van der Waals surface area contributed by atoms with E-state index in [4.69, 9.17) is 4.74 Å². The first-order valence-electron chi connectivity index (χ1n) is 7.75. The molecular weight excluding hydrogens is 302 g/mol. The fourth-order valence-corrected chi connectivity index (χ4v) is 2.13. The molecule has 24 heavy (non-hydrogen) atoms. The maximum absolute atomic E-state index is 5.65. The first-order valence-corrected chi connectivity index (χ1v) is 7.75. The van der Waals surface area contributed by atoms with Crippen molar-refractivity contribution >= 4 is 17.6 Å². The summed E-state index contributed by atoms with van der Waals surface area (Å²) in [6.07, 6.45) is 1.72. The second-order valence-electron chi connectivity index (χ2n) is 5.15. The molecule has 3 rings (SSSR count). The Bertz CT molecular complexity index is 765. The van der Waals surface area contributed by atoms with E-state index in [1.54, 1.807) is 6.20 Å². The number of rotatable bonds is 7. The molecule has 1 aromatic carbocycles. The molecule has 0 aliphatic rings. The summed E-state index contributed by atoms with van der Waals surface area (Å²) in [5, 5.41) is 6.34. The molecule has 2 heterocycles. The van der Waals surface area contributed by atoms with E-state index in [1.165, 1.54) is 0 Å². The van der Waals surface area contributed by atoms with Crippen molar-refractivity contribution in [3.63, 3.8) is 0 Å². The minimum atomic E-state index is 0.514. The number of nitrogens with one attached hydrogen (secondary N) is 2. The lowest BCUT2D eigenvalue weighted by molar-refractivity contribution is 0.333. The van der Waals surface area contributed by atoms with Crippen LogP contribution in [0, 0.1) is 6.92 Å². The Morgan fingerprint density at radius 1 is 0.958 bits per heavy atom. The molecule has 0 spiro atoms. The van der Waals surface area contributed by atoms with Crippen LogP contribution < -0.4 is 15.4 Å². The quantitative estimate of drug-likeness (QED) is 0.650. The molecule has 0 aliphatic carbocycles. The van der Waals surface area contributed by atoms with Crippen molar-refractivity contribution in [1.29, 1.82) is 0 Å². The van der Waals surface area contributed by atoms with Crippen molar-refractivity contribution in [2.75, 3.05) is 23.8 Å². The molecule has 0 atom stereocenters. The van der Waals surface area contributed by atoms with E-state index in [0.29, 0.717) is 24.9 Å². The predicted molar refractivity (Wildman–Crippen MR) is 94.7 cm³/mol. The van der Waals surface area contributed by atoms with Crippen molar-refractivity contribution in [2.45, 2.75) is 6.92 Å². The van der Waals surface area contributed by atoms with E-state index in [9.17, 15) is 0 Å². The molecule has 0 saturated heterocycles. The molecule has 0 radical (unpaired) electrons. The van der Waals surface area contributed by atoms with Gasteiger partial charge in [-0.2, -0.15) is 4.98 Å². The van der Waals surface area contributed by atoms with E-state index in [1.807, 2.05) is 61.5 Å². The molecule has 0 unspecified atom stereocenters. The van der Waals surface area contributed by atoms with Gasteiger partial charge in [0.05, 0.1) is 6.54 Å². The zero-order valence-electron chi connectivity index (χ0n) is 13.4. The van der Waals surface area contributed by atoms with Crippen LogP contribution in [0.5, 0.6) is 5.75 Å². The number of aromatic nitrogens is 3. The minimum absolute atomic E-state index is 0.514. The van der Waals surface area contributed by atoms with Gasteiger partial charge < -0.3 is 15.4 Å². The van der Waals surface area contributed by atoms with Gasteiger partial charge in [0.25, 0.3) is 0 Å². The number of aryl methyl sites for hydroxylation is 1. The summed E-state index contributed by atoms with van der Waals surface area (Å²) >= 11 is 0. The van der Waals surface area contributed by atoms with Crippen LogP contribution in [-0.2, 0) is 0 Å². The van der Waals surface area contributed by atoms with Crippen molar-refractivity contribution < 1.29 is 4.74 Å². The molecule has 0 aliphatic heterocycles. The summed E-state index contributed by atoms with van der Waals surface area (Å²) in [5.41, 5.74) is 0.870. The Balaban J connectivity index is 1.55. The van der Waals surface area contributed by atoms with Gasteiger partial charge >= 0.3 is 0 Å². The average molecular weight is 321 g/mol. The van der Waals surface area contributed by atoms with E-state index >= 15 is 0 Å². The van der Waals surface area contributed by atoms with Gasteiger partial charge in [-0.1, -0.05) is 24.3 Å². The van der Waals surface area contributed by atoms with Crippen molar-refractivity contribution in [3.8, 4) is 5.75 Å². The van der Waals surface area contributed by atoms with Crippen LogP contribution in [-0.4, -0.2) is 28.1 Å². The molecule has 0 bridgehead atoms. The van der Waals surface area contributed by atoms with Gasteiger partial charge in [-0.15, -0.1) is 0 Å². The Labute approximate surface area is 141 Å². The summed E-state index contributed by atoms with van der Waals surface area (Å²) in [5.74, 6) is 2.83. The standard InChI is InChI=1S/C18H19N5O/c1-14-13-17(20-11-12-24-15-7-3-2-4-8-15)23-18(21-14)22-16-9-5-6-10-19-16/h2-10,13H,11-12H2,1H3,(H2,19,20,21,22,23). The number of anilines is 3. The second kappa shape index (κ2) is 7.92. The maximum Gasteiger partial charge on any atom is 0.230 e. The van der Waals surface area contributed by atoms with Crippen LogP contribution in [0.4, 0.5) is 17.6 Å². The van der Waals surface area contributed by atoms with Gasteiger partial charge in [-0.3, -0.25) is 0 Å². The summed E-state index contributed by atoms with van der Waals surface area (Å²) in [7, 11) is 0. The van der Waals surface area contributed by atoms with Gasteiger partial charge in [-0.05, 0) is 31.2 Å². The number of nitrogens with zero attached hydrogens (tertiary/aromatic N) is 3. The molecule has 2 N–H and O–H groups in total. The van der Waals surface area contributed by atoms with Gasteiger partial charge in [-0.25, -0.2) is 9.97 Å². The van der Waals surface area contributed by atoms with Crippen molar-refractivity contribution in [1.82, 2.24) is 15.0 Å². The van der Waals surface area contributed by atoms with Crippen LogP contribution in [0.2, 0.25) is 0 Å². The summed E-state index contributed by atoms with van der Waals surface area (Å²) in [6.45, 7) is 3.13. The normalized spacial score (nSPS) is 10.2. The Morgan fingerprint density at radius 2 is 1.79 bits per heavy atom. The predicted octanol–water partition coefficient (Wildman–Crippen LogP) is 3.41. The topological polar surface area (TPSA) is 72.0 Å². The largest absolute Gasteiger partial charge is 0.492 e. The second-order valence-corrected chi connectivity index (χ2v) is 5.15. The minimum Gasteiger partial charge on any atom is -0.492 e. The SMILES string of the molecule is Cc1cc(NCCOc2ccccc2)nc(Nc2ccccn2)n1. The zero-order valence-corrected chi connectivity index (χ0v) is 13.4. The number of para-hydroxylation sites is 1. The third kappa shape index (κ3) is 4.67. The molecule has 0 saturated carbocycles. The number of ether oxygens (including phenoxy) is 1. The molecule has 0 amide bonds. The highest BCUT2D eigenvalue weighted by Gasteiger charge is 2.03. The highest BCUT2D eigenvalue weighted by molar-refractivity contribution is 5.50. The fourth-order valence-electron chi connectivity index (χ4n) is 2.13. The van der Waals surface area contributed by atoms with E-state index < -0.39 is 0 Å². The Morgan fingerprint density at radius 3 is 2.58 bits per heavy atom. The van der Waals surface area contributed by atoms with E-state index in [2.05, 4.69) is 25.6 Å². The van der Waals surface area contributed by atoms with Crippen LogP contribution in [0.3, 0.4) is 0 Å². The number of pyridine rings is 1. The number of hydrogen-bond acceptors (Lipinski definition) is 6. The van der Waals surface area contributed by atoms with E-state index in [0.717, 1.165) is 17.3 Å². The third-order valence-electron chi connectivity index (χ3n) is 3.18. The molecule has 6 heteroatoms. The molecule has 6 nitrogen and oxygen atoms in total. The summed E-state index contributed by atoms with van der Waals surface area (Å²) in [6, 6.07) is 17.3. The molecule has 3 aromatic rings. The van der Waals surface area contributed by atoms with Crippen molar-refractivity contribution in [3.05, 3.63) is 66.5 Å². The van der Waals surface area contributed by atoms with Crippen LogP contribution in [0.25, 0.3) is 0 Å². The van der Waals surface area contributed by atoms with Gasteiger partial charge in [0.2, 0.25) is 5.95 Å². The monoisotopic (exact) mass is 321 g/mol. The molecule has 2 aromatic heterocycles. The Kier molecular flexibility index (Phi) is 5.19.